The minimum Gasteiger partial charge on any atom is -0.465 e. The van der Waals surface area contributed by atoms with Crippen molar-refractivity contribution in [2.75, 3.05) is 19.8 Å². The monoisotopic (exact) mass is 494 g/mol. The Bertz CT molecular complexity index is 1090. The fourth-order valence-corrected chi connectivity index (χ4v) is 6.18. The van der Waals surface area contributed by atoms with E-state index in [0.29, 0.717) is 19.4 Å². The van der Waals surface area contributed by atoms with E-state index < -0.39 is 47.1 Å². The summed E-state index contributed by atoms with van der Waals surface area (Å²) in [4.78, 5) is 44.9. The molecule has 0 radical (unpaired) electrons. The molecule has 1 N–H and O–H groups in total. The molecule has 2 amide bonds. The summed E-state index contributed by atoms with van der Waals surface area (Å²) >= 11 is 0. The van der Waals surface area contributed by atoms with Gasteiger partial charge >= 0.3 is 5.97 Å². The first-order valence-electron chi connectivity index (χ1n) is 12.7. The summed E-state index contributed by atoms with van der Waals surface area (Å²) in [5.41, 5.74) is -0.902. The van der Waals surface area contributed by atoms with E-state index >= 15 is 0 Å². The SMILES string of the molecule is CC(C)(C)N1CC=C[C@]23O[C@@H]4C=CCCOC(=O)[C@@H]4[C@H]2C(=O)N([C@@H](CO)Cc2ccccc2)C3C1=O. The largest absolute Gasteiger partial charge is 0.465 e. The van der Waals surface area contributed by atoms with Crippen LogP contribution < -0.4 is 0 Å². The minimum absolute atomic E-state index is 0.236. The van der Waals surface area contributed by atoms with Crippen LogP contribution in [-0.4, -0.2) is 81.8 Å². The van der Waals surface area contributed by atoms with Gasteiger partial charge in [0.05, 0.1) is 31.3 Å². The van der Waals surface area contributed by atoms with Gasteiger partial charge in [-0.1, -0.05) is 54.6 Å². The molecule has 36 heavy (non-hydrogen) atoms. The molecule has 5 rings (SSSR count). The number of likely N-dealkylation sites (tertiary alicyclic amines) is 1. The van der Waals surface area contributed by atoms with E-state index in [-0.39, 0.29) is 25.0 Å². The van der Waals surface area contributed by atoms with Crippen molar-refractivity contribution in [1.29, 1.82) is 0 Å². The van der Waals surface area contributed by atoms with Gasteiger partial charge in [-0.05, 0) is 39.2 Å². The average molecular weight is 495 g/mol. The lowest BCUT2D eigenvalue weighted by Gasteiger charge is -2.42. The number of hydrogen-bond donors (Lipinski definition) is 1. The predicted octanol–water partition coefficient (Wildman–Crippen LogP) is 1.87. The van der Waals surface area contributed by atoms with E-state index in [0.717, 1.165) is 5.56 Å². The molecule has 0 bridgehead atoms. The number of cyclic esters (lactones) is 1. The molecule has 4 aliphatic rings. The van der Waals surface area contributed by atoms with Gasteiger partial charge in [0.1, 0.15) is 17.6 Å². The maximum absolute atomic E-state index is 14.3. The lowest BCUT2D eigenvalue weighted by molar-refractivity contribution is -0.157. The molecule has 0 aliphatic carbocycles. The Balaban J connectivity index is 1.64. The van der Waals surface area contributed by atoms with Crippen LogP contribution in [-0.2, 0) is 30.3 Å². The second kappa shape index (κ2) is 9.16. The van der Waals surface area contributed by atoms with Crippen LogP contribution in [0.2, 0.25) is 0 Å². The summed E-state index contributed by atoms with van der Waals surface area (Å²) < 4.78 is 12.0. The van der Waals surface area contributed by atoms with Crippen LogP contribution in [0.4, 0.5) is 0 Å². The zero-order chi connectivity index (χ0) is 25.7. The Hall–Kier alpha value is -2.97. The molecule has 1 aromatic carbocycles. The molecule has 4 heterocycles. The van der Waals surface area contributed by atoms with E-state index in [1.807, 2.05) is 75.4 Å². The first kappa shape index (κ1) is 24.7. The Kier molecular flexibility index (Phi) is 6.29. The topological polar surface area (TPSA) is 96.4 Å². The highest BCUT2D eigenvalue weighted by atomic mass is 16.6. The molecule has 0 aromatic heterocycles. The molecule has 1 aromatic rings. The number of carbonyl (C=O) groups excluding carboxylic acids is 3. The third-order valence-corrected chi connectivity index (χ3v) is 7.79. The van der Waals surface area contributed by atoms with Crippen LogP contribution in [0.5, 0.6) is 0 Å². The molecule has 2 saturated heterocycles. The molecule has 1 unspecified atom stereocenters. The summed E-state index contributed by atoms with van der Waals surface area (Å²) in [6.07, 6.45) is 7.67. The average Bonchev–Trinajstić information content (AvgIpc) is 3.21. The van der Waals surface area contributed by atoms with Crippen molar-refractivity contribution in [1.82, 2.24) is 9.80 Å². The van der Waals surface area contributed by atoms with Gasteiger partial charge in [0.15, 0.2) is 0 Å². The quantitative estimate of drug-likeness (QED) is 0.507. The fraction of sp³-hybridized carbons (Fsp3) is 0.536. The molecular weight excluding hydrogens is 460 g/mol. The molecule has 6 atom stereocenters. The van der Waals surface area contributed by atoms with E-state index in [9.17, 15) is 19.5 Å². The molecular formula is C28H34N2O6. The minimum atomic E-state index is -1.33. The van der Waals surface area contributed by atoms with Gasteiger partial charge in [-0.2, -0.15) is 0 Å². The van der Waals surface area contributed by atoms with Gasteiger partial charge in [0.2, 0.25) is 11.8 Å². The molecule has 4 aliphatic heterocycles. The van der Waals surface area contributed by atoms with Crippen LogP contribution in [0, 0.1) is 11.8 Å². The van der Waals surface area contributed by atoms with Crippen molar-refractivity contribution in [3.8, 4) is 0 Å². The molecule has 8 heteroatoms. The highest BCUT2D eigenvalue weighted by molar-refractivity contribution is 5.99. The predicted molar refractivity (Wildman–Crippen MR) is 132 cm³/mol. The van der Waals surface area contributed by atoms with E-state index in [4.69, 9.17) is 9.47 Å². The molecule has 192 valence electrons. The molecule has 0 saturated carbocycles. The maximum atomic E-state index is 14.3. The van der Waals surface area contributed by atoms with Crippen molar-refractivity contribution in [2.24, 2.45) is 11.8 Å². The molecule has 8 nitrogen and oxygen atoms in total. The number of fused-ring (bicyclic) bond motifs is 2. The molecule has 1 spiro atoms. The Labute approximate surface area is 211 Å². The third-order valence-electron chi connectivity index (χ3n) is 7.79. The third kappa shape index (κ3) is 3.87. The molecule has 2 fully saturated rings. The number of ether oxygens (including phenoxy) is 2. The van der Waals surface area contributed by atoms with Crippen LogP contribution >= 0.6 is 0 Å². The summed E-state index contributed by atoms with van der Waals surface area (Å²) in [5, 5.41) is 10.5. The van der Waals surface area contributed by atoms with Crippen LogP contribution in [0.15, 0.2) is 54.6 Å². The van der Waals surface area contributed by atoms with Crippen molar-refractivity contribution >= 4 is 17.8 Å². The van der Waals surface area contributed by atoms with Gasteiger partial charge in [0.25, 0.3) is 0 Å². The summed E-state index contributed by atoms with van der Waals surface area (Å²) in [7, 11) is 0. The summed E-state index contributed by atoms with van der Waals surface area (Å²) in [6.45, 7) is 6.12. The van der Waals surface area contributed by atoms with Gasteiger partial charge in [0, 0.05) is 12.1 Å². The van der Waals surface area contributed by atoms with Gasteiger partial charge < -0.3 is 24.4 Å². The Morgan fingerprint density at radius 1 is 1.11 bits per heavy atom. The highest BCUT2D eigenvalue weighted by Crippen LogP contribution is 2.54. The fourth-order valence-electron chi connectivity index (χ4n) is 6.18. The van der Waals surface area contributed by atoms with E-state index in [2.05, 4.69) is 0 Å². The lowest BCUT2D eigenvalue weighted by atomic mass is 9.77. The number of rotatable bonds is 4. The Morgan fingerprint density at radius 3 is 2.56 bits per heavy atom. The van der Waals surface area contributed by atoms with Crippen LogP contribution in [0.1, 0.15) is 32.8 Å². The first-order valence-corrected chi connectivity index (χ1v) is 12.7. The standard InChI is InChI=1S/C28H34N2O6/c1-27(2,3)29-14-9-13-28-22(21-20(36-28)12-7-8-15-35-26(21)34)24(32)30(23(28)25(29)33)19(17-31)16-18-10-5-4-6-11-18/h4-7,9-13,19-23,31H,8,14-17H2,1-3H3/t19-,20-,21+,22+,23?,28+/m1/s1. The number of hydrogen-bond acceptors (Lipinski definition) is 6. The number of esters is 1. The van der Waals surface area contributed by atoms with E-state index in [1.165, 1.54) is 4.90 Å². The normalized spacial score (nSPS) is 32.8. The first-order chi connectivity index (χ1) is 17.2. The number of nitrogens with zero attached hydrogens (tertiary/aromatic N) is 2. The van der Waals surface area contributed by atoms with Crippen LogP contribution in [0.25, 0.3) is 0 Å². The van der Waals surface area contributed by atoms with Crippen molar-refractivity contribution < 1.29 is 29.0 Å². The smallest absolute Gasteiger partial charge is 0.312 e. The van der Waals surface area contributed by atoms with Gasteiger partial charge in [-0.3, -0.25) is 14.4 Å². The van der Waals surface area contributed by atoms with Crippen molar-refractivity contribution in [2.45, 2.75) is 62.9 Å². The number of carbonyl (C=O) groups is 3. The van der Waals surface area contributed by atoms with Crippen molar-refractivity contribution in [3.63, 3.8) is 0 Å². The van der Waals surface area contributed by atoms with Crippen LogP contribution in [0.3, 0.4) is 0 Å². The zero-order valence-corrected chi connectivity index (χ0v) is 21.0. The number of benzene rings is 1. The number of amides is 2. The van der Waals surface area contributed by atoms with Gasteiger partial charge in [-0.25, -0.2) is 0 Å². The summed E-state index contributed by atoms with van der Waals surface area (Å²) in [6, 6.07) is 7.89. The van der Waals surface area contributed by atoms with Crippen molar-refractivity contribution in [3.05, 3.63) is 60.2 Å². The van der Waals surface area contributed by atoms with Gasteiger partial charge in [-0.15, -0.1) is 0 Å². The number of aliphatic hydroxyl groups is 1. The second-order valence-electron chi connectivity index (χ2n) is 11.0. The second-order valence-corrected chi connectivity index (χ2v) is 11.0. The number of aliphatic hydroxyl groups excluding tert-OH is 1. The maximum Gasteiger partial charge on any atom is 0.312 e. The zero-order valence-electron chi connectivity index (χ0n) is 21.0. The summed E-state index contributed by atoms with van der Waals surface area (Å²) in [5.74, 6) is -2.88. The lowest BCUT2D eigenvalue weighted by Crippen LogP contribution is -2.61. The Morgan fingerprint density at radius 2 is 1.86 bits per heavy atom. The van der Waals surface area contributed by atoms with E-state index in [1.54, 1.807) is 4.90 Å². The highest BCUT2D eigenvalue weighted by Gasteiger charge is 2.72.